The zero-order valence-electron chi connectivity index (χ0n) is 11.7. The van der Waals surface area contributed by atoms with Gasteiger partial charge in [-0.05, 0) is 24.6 Å². The molecule has 2 rings (SSSR count). The number of hydrogen-bond acceptors (Lipinski definition) is 3. The van der Waals surface area contributed by atoms with Crippen molar-refractivity contribution in [1.29, 1.82) is 0 Å². The molecule has 2 amide bonds. The van der Waals surface area contributed by atoms with Gasteiger partial charge in [-0.3, -0.25) is 14.3 Å². The van der Waals surface area contributed by atoms with Gasteiger partial charge < -0.3 is 11.1 Å². The van der Waals surface area contributed by atoms with Crippen molar-refractivity contribution in [2.45, 2.75) is 13.5 Å². The van der Waals surface area contributed by atoms with Gasteiger partial charge in [-0.1, -0.05) is 23.7 Å². The predicted octanol–water partition coefficient (Wildman–Crippen LogP) is 1.41. The Morgan fingerprint density at radius 3 is 2.43 bits per heavy atom. The fraction of sp³-hybridized carbons (Fsp3) is 0.214. The summed E-state index contributed by atoms with van der Waals surface area (Å²) >= 11 is 6.03. The number of halogens is 1. The molecule has 0 fully saturated rings. The van der Waals surface area contributed by atoms with Gasteiger partial charge in [0.1, 0.15) is 5.15 Å². The van der Waals surface area contributed by atoms with Crippen molar-refractivity contribution in [2.75, 3.05) is 0 Å². The van der Waals surface area contributed by atoms with E-state index in [9.17, 15) is 9.59 Å². The van der Waals surface area contributed by atoms with Gasteiger partial charge >= 0.3 is 0 Å². The van der Waals surface area contributed by atoms with Crippen molar-refractivity contribution in [3.8, 4) is 0 Å². The molecule has 0 saturated heterocycles. The molecule has 7 heteroatoms. The molecular formula is C14H15ClN4O2. The van der Waals surface area contributed by atoms with Crippen molar-refractivity contribution in [2.24, 2.45) is 12.8 Å². The first-order valence-electron chi connectivity index (χ1n) is 6.26. The van der Waals surface area contributed by atoms with E-state index in [1.807, 2.05) is 0 Å². The summed E-state index contributed by atoms with van der Waals surface area (Å²) in [5.74, 6) is -0.770. The van der Waals surface area contributed by atoms with Gasteiger partial charge in [-0.2, -0.15) is 5.10 Å². The number of hydrogen-bond donors (Lipinski definition) is 2. The fourth-order valence-corrected chi connectivity index (χ4v) is 2.21. The van der Waals surface area contributed by atoms with Gasteiger partial charge in [0.2, 0.25) is 5.91 Å². The lowest BCUT2D eigenvalue weighted by molar-refractivity contribution is 0.0948. The van der Waals surface area contributed by atoms with Crippen LogP contribution in [0, 0.1) is 6.92 Å². The molecule has 1 aromatic heterocycles. The van der Waals surface area contributed by atoms with Crippen molar-refractivity contribution in [1.82, 2.24) is 15.1 Å². The van der Waals surface area contributed by atoms with Crippen LogP contribution in [0.2, 0.25) is 5.15 Å². The Morgan fingerprint density at radius 2 is 1.95 bits per heavy atom. The number of amides is 2. The van der Waals surface area contributed by atoms with Crippen LogP contribution in [0.4, 0.5) is 0 Å². The molecule has 0 bridgehead atoms. The summed E-state index contributed by atoms with van der Waals surface area (Å²) in [5, 5.41) is 7.16. The summed E-state index contributed by atoms with van der Waals surface area (Å²) in [6.45, 7) is 2.05. The van der Waals surface area contributed by atoms with E-state index in [1.54, 1.807) is 38.2 Å². The summed E-state index contributed by atoms with van der Waals surface area (Å²) in [6, 6.07) is 6.70. The third-order valence-electron chi connectivity index (χ3n) is 3.07. The maximum atomic E-state index is 12.1. The molecule has 21 heavy (non-hydrogen) atoms. The Balaban J connectivity index is 2.05. The molecule has 0 radical (unpaired) electrons. The van der Waals surface area contributed by atoms with E-state index in [-0.39, 0.29) is 5.91 Å². The Labute approximate surface area is 126 Å². The van der Waals surface area contributed by atoms with Gasteiger partial charge in [0.25, 0.3) is 5.91 Å². The topological polar surface area (TPSA) is 90.0 Å². The molecule has 1 heterocycles. The Kier molecular flexibility index (Phi) is 4.28. The molecule has 0 saturated carbocycles. The van der Waals surface area contributed by atoms with Crippen LogP contribution in [-0.4, -0.2) is 21.6 Å². The number of nitrogens with two attached hydrogens (primary N) is 1. The van der Waals surface area contributed by atoms with Gasteiger partial charge in [0, 0.05) is 19.2 Å². The van der Waals surface area contributed by atoms with Crippen LogP contribution < -0.4 is 11.1 Å². The van der Waals surface area contributed by atoms with Gasteiger partial charge in [0.05, 0.1) is 11.3 Å². The molecule has 1 aromatic carbocycles. The number of primary amides is 1. The first-order chi connectivity index (χ1) is 9.90. The fourth-order valence-electron chi connectivity index (χ4n) is 1.95. The average Bonchev–Trinajstić information content (AvgIpc) is 2.70. The first kappa shape index (κ1) is 15.1. The van der Waals surface area contributed by atoms with Gasteiger partial charge in [-0.25, -0.2) is 0 Å². The molecule has 0 aliphatic heterocycles. The number of aromatic nitrogens is 2. The molecule has 3 N–H and O–H groups in total. The summed E-state index contributed by atoms with van der Waals surface area (Å²) < 4.78 is 1.45. The highest BCUT2D eigenvalue weighted by Gasteiger charge is 2.18. The molecule has 0 spiro atoms. The standard InChI is InChI=1S/C14H15ClN4O2/c1-8-11(12(15)19(2)18-8)14(21)17-7-9-3-5-10(6-4-9)13(16)20/h3-6H,7H2,1-2H3,(H2,16,20)(H,17,21). The highest BCUT2D eigenvalue weighted by atomic mass is 35.5. The summed E-state index contributed by atoms with van der Waals surface area (Å²) in [7, 11) is 1.68. The van der Waals surface area contributed by atoms with Crippen LogP contribution in [-0.2, 0) is 13.6 Å². The van der Waals surface area contributed by atoms with Gasteiger partial charge in [-0.15, -0.1) is 0 Å². The minimum absolute atomic E-state index is 0.287. The third kappa shape index (κ3) is 3.22. The lowest BCUT2D eigenvalue weighted by Gasteiger charge is -2.06. The second-order valence-electron chi connectivity index (χ2n) is 4.62. The van der Waals surface area contributed by atoms with E-state index in [1.165, 1.54) is 4.68 Å². The smallest absolute Gasteiger partial charge is 0.256 e. The highest BCUT2D eigenvalue weighted by molar-refractivity contribution is 6.33. The van der Waals surface area contributed by atoms with Crippen LogP contribution in [0.3, 0.4) is 0 Å². The van der Waals surface area contributed by atoms with Crippen molar-refractivity contribution >= 4 is 23.4 Å². The Morgan fingerprint density at radius 1 is 1.33 bits per heavy atom. The molecular weight excluding hydrogens is 292 g/mol. The number of aryl methyl sites for hydroxylation is 2. The van der Waals surface area contributed by atoms with Crippen LogP contribution in [0.1, 0.15) is 32.0 Å². The molecule has 0 unspecified atom stereocenters. The Bertz CT molecular complexity index is 692. The number of rotatable bonds is 4. The zero-order chi connectivity index (χ0) is 15.6. The maximum absolute atomic E-state index is 12.1. The lowest BCUT2D eigenvalue weighted by Crippen LogP contribution is -2.23. The highest BCUT2D eigenvalue weighted by Crippen LogP contribution is 2.18. The minimum Gasteiger partial charge on any atom is -0.366 e. The van der Waals surface area contributed by atoms with E-state index >= 15 is 0 Å². The van der Waals surface area contributed by atoms with Crippen molar-refractivity contribution in [3.05, 3.63) is 51.8 Å². The maximum Gasteiger partial charge on any atom is 0.256 e. The quantitative estimate of drug-likeness (QED) is 0.895. The van der Waals surface area contributed by atoms with E-state index in [0.717, 1.165) is 5.56 Å². The normalized spacial score (nSPS) is 10.4. The molecule has 110 valence electrons. The Hall–Kier alpha value is -2.34. The van der Waals surface area contributed by atoms with E-state index in [2.05, 4.69) is 10.4 Å². The van der Waals surface area contributed by atoms with Crippen LogP contribution in [0.5, 0.6) is 0 Å². The number of carbonyl (C=O) groups is 2. The summed E-state index contributed by atoms with van der Waals surface area (Å²) in [6.07, 6.45) is 0. The number of nitrogens with zero attached hydrogens (tertiary/aromatic N) is 2. The third-order valence-corrected chi connectivity index (χ3v) is 3.50. The molecule has 0 aliphatic carbocycles. The van der Waals surface area contributed by atoms with E-state index < -0.39 is 5.91 Å². The average molecular weight is 307 g/mol. The van der Waals surface area contributed by atoms with E-state index in [0.29, 0.717) is 28.5 Å². The number of nitrogens with one attached hydrogen (secondary N) is 1. The SMILES string of the molecule is Cc1nn(C)c(Cl)c1C(=O)NCc1ccc(C(N)=O)cc1. The van der Waals surface area contributed by atoms with Crippen LogP contribution >= 0.6 is 11.6 Å². The minimum atomic E-state index is -0.483. The molecule has 0 aliphatic rings. The second-order valence-corrected chi connectivity index (χ2v) is 4.98. The molecule has 0 atom stereocenters. The van der Waals surface area contributed by atoms with Crippen LogP contribution in [0.25, 0.3) is 0 Å². The van der Waals surface area contributed by atoms with E-state index in [4.69, 9.17) is 17.3 Å². The summed E-state index contributed by atoms with van der Waals surface area (Å²) in [5.41, 5.74) is 7.39. The summed E-state index contributed by atoms with van der Waals surface area (Å²) in [4.78, 5) is 23.1. The monoisotopic (exact) mass is 306 g/mol. The van der Waals surface area contributed by atoms with Gasteiger partial charge in [0.15, 0.2) is 0 Å². The van der Waals surface area contributed by atoms with Crippen molar-refractivity contribution in [3.63, 3.8) is 0 Å². The second kappa shape index (κ2) is 5.97. The number of benzene rings is 1. The number of carbonyl (C=O) groups excluding carboxylic acids is 2. The molecule has 6 nitrogen and oxygen atoms in total. The lowest BCUT2D eigenvalue weighted by atomic mass is 10.1. The zero-order valence-corrected chi connectivity index (χ0v) is 12.4. The first-order valence-corrected chi connectivity index (χ1v) is 6.64. The largest absolute Gasteiger partial charge is 0.366 e. The predicted molar refractivity (Wildman–Crippen MR) is 79.1 cm³/mol. The molecule has 2 aromatic rings. The van der Waals surface area contributed by atoms with Crippen molar-refractivity contribution < 1.29 is 9.59 Å². The van der Waals surface area contributed by atoms with Crippen LogP contribution in [0.15, 0.2) is 24.3 Å².